The zero-order chi connectivity index (χ0) is 19.8. The molecule has 1 aromatic heterocycles. The van der Waals surface area contributed by atoms with E-state index >= 15 is 0 Å². The summed E-state index contributed by atoms with van der Waals surface area (Å²) in [6, 6.07) is 10.9. The van der Waals surface area contributed by atoms with E-state index in [1.54, 1.807) is 25.1 Å². The van der Waals surface area contributed by atoms with Crippen LogP contribution in [0.15, 0.2) is 69.3 Å². The first-order valence-corrected chi connectivity index (χ1v) is 10.6. The summed E-state index contributed by atoms with van der Waals surface area (Å²) in [6.45, 7) is 1.70. The first-order chi connectivity index (χ1) is 12.6. The molecule has 11 heteroatoms. The average molecular weight is 408 g/mol. The number of nitrogens with two attached hydrogens (primary N) is 1. The molecule has 2 aromatic carbocycles. The summed E-state index contributed by atoms with van der Waals surface area (Å²) >= 11 is 0. The zero-order valence-electron chi connectivity index (χ0n) is 14.1. The molecule has 0 unspecified atom stereocenters. The van der Waals surface area contributed by atoms with E-state index in [1.165, 1.54) is 16.8 Å². The van der Waals surface area contributed by atoms with Crippen LogP contribution in [0.2, 0.25) is 0 Å². The van der Waals surface area contributed by atoms with E-state index in [0.29, 0.717) is 11.4 Å². The van der Waals surface area contributed by atoms with Crippen LogP contribution in [-0.2, 0) is 20.0 Å². The van der Waals surface area contributed by atoms with E-state index < -0.39 is 25.7 Å². The SMILES string of the molecule is Cc1c[nH]c(=O)n1-c1ccccc1NS(=O)(=O)c1ccc(S(N)(=O)=O)cc1. The van der Waals surface area contributed by atoms with Crippen LogP contribution < -0.4 is 15.6 Å². The molecule has 0 aliphatic rings. The molecule has 1 heterocycles. The van der Waals surface area contributed by atoms with Crippen molar-refractivity contribution in [3.05, 3.63) is 70.9 Å². The van der Waals surface area contributed by atoms with E-state index in [2.05, 4.69) is 9.71 Å². The minimum atomic E-state index is -4.03. The Kier molecular flexibility index (Phi) is 4.68. The van der Waals surface area contributed by atoms with Crippen molar-refractivity contribution in [2.24, 2.45) is 5.14 Å². The lowest BCUT2D eigenvalue weighted by Crippen LogP contribution is -2.20. The Labute approximate surface area is 155 Å². The fraction of sp³-hybridized carbons (Fsp3) is 0.0625. The minimum Gasteiger partial charge on any atom is -0.312 e. The van der Waals surface area contributed by atoms with Crippen LogP contribution in [0.1, 0.15) is 5.69 Å². The number of anilines is 1. The van der Waals surface area contributed by atoms with Gasteiger partial charge in [0, 0.05) is 11.9 Å². The Morgan fingerprint density at radius 3 is 2.11 bits per heavy atom. The minimum absolute atomic E-state index is 0.150. The monoisotopic (exact) mass is 408 g/mol. The van der Waals surface area contributed by atoms with Gasteiger partial charge in [0.05, 0.1) is 21.2 Å². The lowest BCUT2D eigenvalue weighted by Gasteiger charge is -2.14. The first kappa shape index (κ1) is 18.9. The quantitative estimate of drug-likeness (QED) is 0.575. The van der Waals surface area contributed by atoms with Crippen LogP contribution in [0.4, 0.5) is 5.69 Å². The summed E-state index contributed by atoms with van der Waals surface area (Å²) < 4.78 is 51.7. The molecule has 0 spiro atoms. The van der Waals surface area contributed by atoms with Gasteiger partial charge in [-0.3, -0.25) is 9.29 Å². The third-order valence-electron chi connectivity index (χ3n) is 3.81. The normalized spacial score (nSPS) is 12.1. The second-order valence-corrected chi connectivity index (χ2v) is 8.95. The van der Waals surface area contributed by atoms with Gasteiger partial charge >= 0.3 is 5.69 Å². The average Bonchev–Trinajstić information content (AvgIpc) is 2.93. The van der Waals surface area contributed by atoms with E-state index in [-0.39, 0.29) is 15.5 Å². The summed E-state index contributed by atoms with van der Waals surface area (Å²) in [5.41, 5.74) is 0.740. The van der Waals surface area contributed by atoms with Crippen LogP contribution in [0, 0.1) is 6.92 Å². The number of hydrogen-bond donors (Lipinski definition) is 3. The zero-order valence-corrected chi connectivity index (χ0v) is 15.7. The summed E-state index contributed by atoms with van der Waals surface area (Å²) in [6.07, 6.45) is 1.51. The van der Waals surface area contributed by atoms with Crippen LogP contribution in [-0.4, -0.2) is 26.4 Å². The molecule has 0 amide bonds. The molecule has 0 radical (unpaired) electrons. The third-order valence-corrected chi connectivity index (χ3v) is 6.12. The number of para-hydroxylation sites is 2. The van der Waals surface area contributed by atoms with Crippen molar-refractivity contribution >= 4 is 25.7 Å². The molecule has 0 fully saturated rings. The maximum atomic E-state index is 12.7. The van der Waals surface area contributed by atoms with Gasteiger partial charge in [-0.25, -0.2) is 26.8 Å². The highest BCUT2D eigenvalue weighted by molar-refractivity contribution is 7.92. The number of aromatic amines is 1. The molecule has 0 atom stereocenters. The van der Waals surface area contributed by atoms with Gasteiger partial charge < -0.3 is 4.98 Å². The molecule has 27 heavy (non-hydrogen) atoms. The molecule has 4 N–H and O–H groups in total. The molecular weight excluding hydrogens is 392 g/mol. The lowest BCUT2D eigenvalue weighted by atomic mass is 10.2. The highest BCUT2D eigenvalue weighted by Gasteiger charge is 2.19. The van der Waals surface area contributed by atoms with Crippen LogP contribution in [0.3, 0.4) is 0 Å². The van der Waals surface area contributed by atoms with Crippen molar-refractivity contribution in [1.29, 1.82) is 0 Å². The fourth-order valence-electron chi connectivity index (χ4n) is 2.52. The molecule has 3 rings (SSSR count). The largest absolute Gasteiger partial charge is 0.330 e. The Hall–Kier alpha value is -2.89. The number of primary sulfonamides is 1. The number of nitrogens with one attached hydrogen (secondary N) is 2. The van der Waals surface area contributed by atoms with E-state index in [1.807, 2.05) is 0 Å². The Morgan fingerprint density at radius 2 is 1.56 bits per heavy atom. The summed E-state index contributed by atoms with van der Waals surface area (Å²) in [7, 11) is -7.95. The third kappa shape index (κ3) is 3.79. The number of imidazole rings is 1. The predicted octanol–water partition coefficient (Wildman–Crippen LogP) is 0.922. The summed E-state index contributed by atoms with van der Waals surface area (Å²) in [5, 5.41) is 5.01. The van der Waals surface area contributed by atoms with Crippen molar-refractivity contribution in [2.75, 3.05) is 4.72 Å². The number of aromatic nitrogens is 2. The molecule has 0 aliphatic heterocycles. The highest BCUT2D eigenvalue weighted by Crippen LogP contribution is 2.24. The molecule has 0 saturated carbocycles. The van der Waals surface area contributed by atoms with Gasteiger partial charge in [0.2, 0.25) is 10.0 Å². The Balaban J connectivity index is 2.02. The topological polar surface area (TPSA) is 144 Å². The second-order valence-electron chi connectivity index (χ2n) is 5.71. The van der Waals surface area contributed by atoms with Gasteiger partial charge in [-0.1, -0.05) is 12.1 Å². The second kappa shape index (κ2) is 6.68. The number of benzene rings is 2. The van der Waals surface area contributed by atoms with Gasteiger partial charge in [0.15, 0.2) is 0 Å². The molecule has 3 aromatic rings. The van der Waals surface area contributed by atoms with Crippen molar-refractivity contribution in [3.8, 4) is 5.69 Å². The van der Waals surface area contributed by atoms with E-state index in [0.717, 1.165) is 24.3 Å². The highest BCUT2D eigenvalue weighted by atomic mass is 32.2. The lowest BCUT2D eigenvalue weighted by molar-refractivity contribution is 0.595. The number of aryl methyl sites for hydroxylation is 1. The fourth-order valence-corrected chi connectivity index (χ4v) is 4.11. The van der Waals surface area contributed by atoms with Gasteiger partial charge in [-0.05, 0) is 43.3 Å². The first-order valence-electron chi connectivity index (χ1n) is 7.62. The van der Waals surface area contributed by atoms with Gasteiger partial charge in [-0.15, -0.1) is 0 Å². The van der Waals surface area contributed by atoms with Gasteiger partial charge in [0.25, 0.3) is 10.0 Å². The number of rotatable bonds is 5. The molecule has 0 bridgehead atoms. The summed E-state index contributed by atoms with van der Waals surface area (Å²) in [4.78, 5) is 14.2. The maximum Gasteiger partial charge on any atom is 0.330 e. The number of sulfonamides is 2. The molecule has 0 saturated heterocycles. The van der Waals surface area contributed by atoms with Crippen LogP contribution in [0.5, 0.6) is 0 Å². The Morgan fingerprint density at radius 1 is 0.963 bits per heavy atom. The van der Waals surface area contributed by atoms with Crippen LogP contribution in [0.25, 0.3) is 5.69 Å². The smallest absolute Gasteiger partial charge is 0.312 e. The van der Waals surface area contributed by atoms with E-state index in [4.69, 9.17) is 5.14 Å². The van der Waals surface area contributed by atoms with E-state index in [9.17, 15) is 21.6 Å². The van der Waals surface area contributed by atoms with Gasteiger partial charge in [0.1, 0.15) is 0 Å². The molecule has 9 nitrogen and oxygen atoms in total. The predicted molar refractivity (Wildman–Crippen MR) is 99.8 cm³/mol. The van der Waals surface area contributed by atoms with Gasteiger partial charge in [-0.2, -0.15) is 0 Å². The molecule has 142 valence electrons. The number of nitrogens with zero attached hydrogens (tertiary/aromatic N) is 1. The molecular formula is C16H16N4O5S2. The number of hydrogen-bond acceptors (Lipinski definition) is 5. The Bertz CT molecular complexity index is 1260. The summed E-state index contributed by atoms with van der Waals surface area (Å²) in [5.74, 6) is 0. The van der Waals surface area contributed by atoms with Crippen molar-refractivity contribution in [1.82, 2.24) is 9.55 Å². The van der Waals surface area contributed by atoms with Crippen molar-refractivity contribution in [2.45, 2.75) is 16.7 Å². The van der Waals surface area contributed by atoms with Crippen molar-refractivity contribution < 1.29 is 16.8 Å². The standard InChI is InChI=1S/C16H16N4O5S2/c1-11-10-18-16(21)20(11)15-5-3-2-4-14(15)19-27(24,25)13-8-6-12(7-9-13)26(17,22)23/h2-10,19H,1H3,(H,18,21)(H2,17,22,23). The molecule has 0 aliphatic carbocycles. The van der Waals surface area contributed by atoms with Crippen molar-refractivity contribution in [3.63, 3.8) is 0 Å². The maximum absolute atomic E-state index is 12.7. The van der Waals surface area contributed by atoms with Crippen LogP contribution >= 0.6 is 0 Å². The number of H-pyrrole nitrogens is 1.